The Labute approximate surface area is 201 Å². The van der Waals surface area contributed by atoms with Crippen LogP contribution in [0.25, 0.3) is 10.2 Å². The van der Waals surface area contributed by atoms with Crippen molar-refractivity contribution in [3.8, 4) is 6.07 Å². The molecule has 0 spiro atoms. The van der Waals surface area contributed by atoms with Gasteiger partial charge in [0, 0.05) is 43.0 Å². The molecule has 0 aliphatic carbocycles. The first-order valence-corrected chi connectivity index (χ1v) is 13.7. The van der Waals surface area contributed by atoms with E-state index in [9.17, 15) is 8.42 Å². The summed E-state index contributed by atoms with van der Waals surface area (Å²) in [6.45, 7) is 2.54. The van der Waals surface area contributed by atoms with E-state index in [1.807, 2.05) is 24.4 Å². The van der Waals surface area contributed by atoms with Crippen molar-refractivity contribution in [2.45, 2.75) is 50.7 Å². The standard InChI is InChI=1S/C21H25N9O2S2/c1-12-6-18(28-27-12)25-20-19-17(4-5-33-19)24-21(26-20)23-14-7-15-2-3-16(8-14)30(15)34(31,32)29-10-13(9-22)11-29/h4-6,13-16H,2-3,7-8,10-11H2,1H3,(H3,23,24,25,26,27,28)/t14-,15-,16+. The molecule has 0 unspecified atom stereocenters. The van der Waals surface area contributed by atoms with Crippen molar-refractivity contribution in [3.05, 3.63) is 23.2 Å². The molecule has 3 saturated heterocycles. The number of thiophene rings is 1. The van der Waals surface area contributed by atoms with Crippen LogP contribution in [0.1, 0.15) is 31.4 Å². The first-order chi connectivity index (χ1) is 16.4. The van der Waals surface area contributed by atoms with E-state index in [2.05, 4.69) is 26.9 Å². The topological polar surface area (TPSA) is 143 Å². The number of H-pyrrole nitrogens is 1. The van der Waals surface area contributed by atoms with Gasteiger partial charge in [0.1, 0.15) is 0 Å². The van der Waals surface area contributed by atoms with E-state index in [0.29, 0.717) is 43.5 Å². The van der Waals surface area contributed by atoms with Gasteiger partial charge in [0.2, 0.25) is 5.95 Å². The summed E-state index contributed by atoms with van der Waals surface area (Å²) in [7, 11) is -3.52. The van der Waals surface area contributed by atoms with Crippen molar-refractivity contribution in [3.63, 3.8) is 0 Å². The molecule has 6 rings (SSSR count). The average Bonchev–Trinajstić information content (AvgIpc) is 3.46. The zero-order valence-electron chi connectivity index (χ0n) is 18.6. The number of hydrogen-bond acceptors (Lipinski definition) is 9. The predicted octanol–water partition coefficient (Wildman–Crippen LogP) is 2.57. The number of nitriles is 1. The molecule has 3 aromatic heterocycles. The molecular formula is C21H25N9O2S2. The zero-order chi connectivity index (χ0) is 23.4. The van der Waals surface area contributed by atoms with Gasteiger partial charge < -0.3 is 10.6 Å². The van der Waals surface area contributed by atoms with E-state index in [-0.39, 0.29) is 24.0 Å². The molecule has 0 aromatic carbocycles. The molecular weight excluding hydrogens is 474 g/mol. The first kappa shape index (κ1) is 21.7. The second-order valence-corrected chi connectivity index (χ2v) is 12.0. The normalized spacial score (nSPS) is 25.8. The number of hydrogen-bond donors (Lipinski definition) is 3. The molecule has 178 valence electrons. The highest BCUT2D eigenvalue weighted by Crippen LogP contribution is 2.41. The summed E-state index contributed by atoms with van der Waals surface area (Å²) < 4.78 is 30.5. The minimum Gasteiger partial charge on any atom is -0.351 e. The molecule has 11 nitrogen and oxygen atoms in total. The van der Waals surface area contributed by atoms with Gasteiger partial charge in [-0.25, -0.2) is 4.98 Å². The molecule has 13 heteroatoms. The second kappa shape index (κ2) is 8.16. The van der Waals surface area contributed by atoms with Gasteiger partial charge in [-0.3, -0.25) is 5.10 Å². The average molecular weight is 500 g/mol. The molecule has 0 saturated carbocycles. The van der Waals surface area contributed by atoms with Crippen LogP contribution in [0.15, 0.2) is 17.5 Å². The summed E-state index contributed by atoms with van der Waals surface area (Å²) in [5.74, 6) is 1.73. The Morgan fingerprint density at radius 3 is 2.68 bits per heavy atom. The smallest absolute Gasteiger partial charge is 0.282 e. The number of anilines is 3. The number of aromatic amines is 1. The Morgan fingerprint density at radius 1 is 1.24 bits per heavy atom. The third-order valence-electron chi connectivity index (χ3n) is 6.88. The van der Waals surface area contributed by atoms with Crippen LogP contribution in [0.5, 0.6) is 0 Å². The fraction of sp³-hybridized carbons (Fsp3) is 0.524. The van der Waals surface area contributed by atoms with Crippen molar-refractivity contribution in [2.75, 3.05) is 23.7 Å². The maximum absolute atomic E-state index is 13.2. The lowest BCUT2D eigenvalue weighted by atomic mass is 10.00. The summed E-state index contributed by atoms with van der Waals surface area (Å²) in [6, 6.07) is 6.03. The van der Waals surface area contributed by atoms with Crippen molar-refractivity contribution in [1.29, 1.82) is 5.26 Å². The monoisotopic (exact) mass is 499 g/mol. The molecule has 3 aromatic rings. The second-order valence-electron chi connectivity index (χ2n) is 9.27. The van der Waals surface area contributed by atoms with E-state index in [1.165, 1.54) is 4.31 Å². The van der Waals surface area contributed by atoms with Crippen LogP contribution in [0.2, 0.25) is 0 Å². The SMILES string of the molecule is Cc1cc(Nc2nc(N[C@@H]3C[C@H]4CC[C@@H](C3)N4S(=O)(=O)N3CC(C#N)C3)nc3ccsc23)n[nH]1. The maximum atomic E-state index is 13.2. The van der Waals surface area contributed by atoms with Crippen LogP contribution < -0.4 is 10.6 Å². The van der Waals surface area contributed by atoms with E-state index >= 15 is 0 Å². The third kappa shape index (κ3) is 3.70. The lowest BCUT2D eigenvalue weighted by molar-refractivity contribution is 0.182. The van der Waals surface area contributed by atoms with Crippen molar-refractivity contribution in [2.24, 2.45) is 5.92 Å². The first-order valence-electron chi connectivity index (χ1n) is 11.4. The molecule has 0 amide bonds. The van der Waals surface area contributed by atoms with E-state index < -0.39 is 10.2 Å². The Kier molecular flexibility index (Phi) is 5.21. The van der Waals surface area contributed by atoms with Gasteiger partial charge in [0.25, 0.3) is 10.2 Å². The molecule has 3 atom stereocenters. The molecule has 3 N–H and O–H groups in total. The number of aryl methyl sites for hydroxylation is 1. The van der Waals surface area contributed by atoms with Crippen LogP contribution in [0.3, 0.4) is 0 Å². The minimum atomic E-state index is -3.52. The number of piperidine rings is 1. The zero-order valence-corrected chi connectivity index (χ0v) is 20.2. The van der Waals surface area contributed by atoms with Gasteiger partial charge in [-0.05, 0) is 44.1 Å². The van der Waals surface area contributed by atoms with Crippen molar-refractivity contribution < 1.29 is 8.42 Å². The highest BCUT2D eigenvalue weighted by atomic mass is 32.2. The summed E-state index contributed by atoms with van der Waals surface area (Å²) in [5, 5.41) is 24.9. The van der Waals surface area contributed by atoms with Crippen molar-refractivity contribution in [1.82, 2.24) is 28.8 Å². The van der Waals surface area contributed by atoms with Crippen LogP contribution in [-0.4, -0.2) is 68.4 Å². The molecule has 3 aliphatic rings. The van der Waals surface area contributed by atoms with E-state index in [0.717, 1.165) is 28.8 Å². The maximum Gasteiger partial charge on any atom is 0.282 e. The summed E-state index contributed by atoms with van der Waals surface area (Å²) in [5.41, 5.74) is 1.81. The lowest BCUT2D eigenvalue weighted by Crippen LogP contribution is -2.59. The number of nitrogens with zero attached hydrogens (tertiary/aromatic N) is 6. The molecule has 0 radical (unpaired) electrons. The highest BCUT2D eigenvalue weighted by Gasteiger charge is 2.51. The molecule has 34 heavy (non-hydrogen) atoms. The lowest BCUT2D eigenvalue weighted by Gasteiger charge is -2.43. The fourth-order valence-corrected chi connectivity index (χ4v) is 8.18. The minimum absolute atomic E-state index is 0.0445. The Bertz CT molecular complexity index is 1360. The van der Waals surface area contributed by atoms with Gasteiger partial charge in [-0.15, -0.1) is 11.3 Å². The number of fused-ring (bicyclic) bond motifs is 3. The number of rotatable bonds is 6. The van der Waals surface area contributed by atoms with Gasteiger partial charge >= 0.3 is 0 Å². The van der Waals surface area contributed by atoms with Crippen molar-refractivity contribution >= 4 is 49.3 Å². The fourth-order valence-electron chi connectivity index (χ4n) is 5.27. The molecule has 3 fully saturated rings. The van der Waals surface area contributed by atoms with E-state index in [4.69, 9.17) is 15.2 Å². The quantitative estimate of drug-likeness (QED) is 0.470. The Morgan fingerprint density at radius 2 is 2.00 bits per heavy atom. The van der Waals surface area contributed by atoms with E-state index in [1.54, 1.807) is 15.6 Å². The molecule has 2 bridgehead atoms. The number of aromatic nitrogens is 4. The summed E-state index contributed by atoms with van der Waals surface area (Å²) in [6.07, 6.45) is 3.12. The van der Waals surface area contributed by atoms with Crippen LogP contribution in [0.4, 0.5) is 17.6 Å². The summed E-state index contributed by atoms with van der Waals surface area (Å²) >= 11 is 1.57. The van der Waals surface area contributed by atoms with Gasteiger partial charge in [-0.2, -0.15) is 32.4 Å². The van der Waals surface area contributed by atoms with Crippen LogP contribution in [0, 0.1) is 24.2 Å². The van der Waals surface area contributed by atoms with Gasteiger partial charge in [-0.1, -0.05) is 0 Å². The highest BCUT2D eigenvalue weighted by molar-refractivity contribution is 7.86. The number of nitrogens with one attached hydrogen (secondary N) is 3. The Balaban J connectivity index is 1.19. The summed E-state index contributed by atoms with van der Waals surface area (Å²) in [4.78, 5) is 9.42. The molecule has 6 heterocycles. The van der Waals surface area contributed by atoms with Crippen LogP contribution >= 0.6 is 11.3 Å². The third-order valence-corrected chi connectivity index (χ3v) is 9.87. The molecule has 3 aliphatic heterocycles. The predicted molar refractivity (Wildman–Crippen MR) is 129 cm³/mol. The Hall–Kier alpha value is -2.79. The van der Waals surface area contributed by atoms with Gasteiger partial charge in [0.15, 0.2) is 11.6 Å². The largest absolute Gasteiger partial charge is 0.351 e. The van der Waals surface area contributed by atoms with Gasteiger partial charge in [0.05, 0.1) is 22.2 Å². The van der Waals surface area contributed by atoms with Crippen LogP contribution in [-0.2, 0) is 10.2 Å².